The number of aromatic nitrogens is 2. The number of rotatable bonds is 5. The predicted octanol–water partition coefficient (Wildman–Crippen LogP) is 14.6. The van der Waals surface area contributed by atoms with E-state index in [1.54, 1.807) is 0 Å². The van der Waals surface area contributed by atoms with Crippen molar-refractivity contribution in [3.05, 3.63) is 205 Å². The first-order chi connectivity index (χ1) is 28.0. The van der Waals surface area contributed by atoms with Crippen LogP contribution in [0.25, 0.3) is 99.6 Å². The van der Waals surface area contributed by atoms with Crippen LogP contribution in [0.3, 0.4) is 0 Å². The third kappa shape index (κ3) is 5.48. The quantitative estimate of drug-likeness (QED) is 0.130. The molecule has 0 amide bonds. The molecule has 268 valence electrons. The Morgan fingerprint density at radius 3 is 1.61 bits per heavy atom. The van der Waals surface area contributed by atoms with Crippen LogP contribution in [-0.4, -0.2) is 9.97 Å². The summed E-state index contributed by atoms with van der Waals surface area (Å²) in [5, 5.41) is 7.10. The maximum atomic E-state index is 5.43. The van der Waals surface area contributed by atoms with Crippen LogP contribution in [0.1, 0.15) is 25.0 Å². The zero-order valence-electron chi connectivity index (χ0n) is 31.9. The smallest absolute Gasteiger partial charge is 0.161 e. The third-order valence-electron chi connectivity index (χ3n) is 12.1. The maximum absolute atomic E-state index is 5.43. The zero-order chi connectivity index (χ0) is 38.1. The highest BCUT2D eigenvalue weighted by Gasteiger charge is 2.35. The molecule has 0 aliphatic heterocycles. The Labute approximate surface area is 332 Å². The highest BCUT2D eigenvalue weighted by Crippen LogP contribution is 2.49. The van der Waals surface area contributed by atoms with Gasteiger partial charge in [0.05, 0.1) is 11.4 Å². The fourth-order valence-corrected chi connectivity index (χ4v) is 9.10. The zero-order valence-corrected chi connectivity index (χ0v) is 31.9. The van der Waals surface area contributed by atoms with E-state index in [4.69, 9.17) is 9.97 Å². The second kappa shape index (κ2) is 13.0. The highest BCUT2D eigenvalue weighted by molar-refractivity contribution is 6.19. The van der Waals surface area contributed by atoms with Gasteiger partial charge >= 0.3 is 0 Å². The van der Waals surface area contributed by atoms with Crippen LogP contribution in [0.5, 0.6) is 0 Å². The molecule has 0 saturated heterocycles. The minimum absolute atomic E-state index is 0.0486. The Kier molecular flexibility index (Phi) is 7.55. The standard InChI is InChI=1S/C55H38N2/c1-55(2)49-19-11-10-18-45(49)46-30-29-41(33-50(46)55)37-22-26-40(27-23-37)52-34-51(39-24-20-36(21-25-39)35-12-4-3-5-13-35)56-54(57-52)53-44-17-9-7-15-42(44)32-48-43-16-8-6-14-38(43)28-31-47(48)53/h3-34H,1-2H3. The summed E-state index contributed by atoms with van der Waals surface area (Å²) in [6.07, 6.45) is 0. The molecule has 9 aromatic carbocycles. The Hall–Kier alpha value is -7.16. The molecular formula is C55H38N2. The van der Waals surface area contributed by atoms with Gasteiger partial charge in [-0.25, -0.2) is 9.97 Å². The Morgan fingerprint density at radius 1 is 0.333 bits per heavy atom. The highest BCUT2D eigenvalue weighted by atomic mass is 14.9. The second-order valence-electron chi connectivity index (χ2n) is 15.8. The van der Waals surface area contributed by atoms with Gasteiger partial charge < -0.3 is 0 Å². The number of hydrogen-bond acceptors (Lipinski definition) is 2. The average Bonchev–Trinajstić information content (AvgIpc) is 3.51. The largest absolute Gasteiger partial charge is 0.228 e. The number of hydrogen-bond donors (Lipinski definition) is 0. The minimum Gasteiger partial charge on any atom is -0.228 e. The first-order valence-corrected chi connectivity index (χ1v) is 19.7. The second-order valence-corrected chi connectivity index (χ2v) is 15.8. The van der Waals surface area contributed by atoms with E-state index in [0.29, 0.717) is 0 Å². The van der Waals surface area contributed by atoms with Crippen molar-refractivity contribution < 1.29 is 0 Å². The molecule has 11 rings (SSSR count). The number of benzene rings is 9. The van der Waals surface area contributed by atoms with Gasteiger partial charge in [0, 0.05) is 22.1 Å². The number of fused-ring (bicyclic) bond motifs is 7. The molecule has 1 aromatic heterocycles. The molecule has 0 N–H and O–H groups in total. The van der Waals surface area contributed by atoms with E-state index in [2.05, 4.69) is 208 Å². The molecule has 0 saturated carbocycles. The van der Waals surface area contributed by atoms with E-state index in [0.717, 1.165) is 44.7 Å². The Balaban J connectivity index is 1.07. The van der Waals surface area contributed by atoms with Gasteiger partial charge in [-0.15, -0.1) is 0 Å². The van der Waals surface area contributed by atoms with E-state index < -0.39 is 0 Å². The molecular weight excluding hydrogens is 689 g/mol. The molecule has 2 heteroatoms. The molecule has 10 aromatic rings. The van der Waals surface area contributed by atoms with Crippen molar-refractivity contribution in [3.63, 3.8) is 0 Å². The van der Waals surface area contributed by atoms with E-state index >= 15 is 0 Å². The summed E-state index contributed by atoms with van der Waals surface area (Å²) < 4.78 is 0. The van der Waals surface area contributed by atoms with Crippen molar-refractivity contribution >= 4 is 32.3 Å². The molecule has 0 unspecified atom stereocenters. The fourth-order valence-electron chi connectivity index (χ4n) is 9.10. The summed E-state index contributed by atoms with van der Waals surface area (Å²) in [4.78, 5) is 10.8. The maximum Gasteiger partial charge on any atom is 0.161 e. The third-order valence-corrected chi connectivity index (χ3v) is 12.1. The van der Waals surface area contributed by atoms with Crippen molar-refractivity contribution in [1.29, 1.82) is 0 Å². The van der Waals surface area contributed by atoms with Gasteiger partial charge in [0.25, 0.3) is 0 Å². The van der Waals surface area contributed by atoms with E-state index in [9.17, 15) is 0 Å². The van der Waals surface area contributed by atoms with E-state index in [-0.39, 0.29) is 5.41 Å². The summed E-state index contributed by atoms with van der Waals surface area (Å²) in [6, 6.07) is 70.1. The van der Waals surface area contributed by atoms with Crippen LogP contribution in [-0.2, 0) is 5.41 Å². The predicted molar refractivity (Wildman–Crippen MR) is 239 cm³/mol. The van der Waals surface area contributed by atoms with Crippen LogP contribution < -0.4 is 0 Å². The van der Waals surface area contributed by atoms with Gasteiger partial charge in [-0.05, 0) is 95.0 Å². The monoisotopic (exact) mass is 726 g/mol. The minimum atomic E-state index is -0.0486. The van der Waals surface area contributed by atoms with Crippen molar-refractivity contribution in [3.8, 4) is 67.3 Å². The van der Waals surface area contributed by atoms with Crippen LogP contribution in [0.15, 0.2) is 194 Å². The molecule has 1 aliphatic rings. The van der Waals surface area contributed by atoms with E-state index in [1.807, 2.05) is 0 Å². The lowest BCUT2D eigenvalue weighted by atomic mass is 9.81. The van der Waals surface area contributed by atoms with E-state index in [1.165, 1.54) is 66.1 Å². The first kappa shape index (κ1) is 33.2. The molecule has 0 radical (unpaired) electrons. The molecule has 1 aliphatic carbocycles. The summed E-state index contributed by atoms with van der Waals surface area (Å²) in [7, 11) is 0. The Morgan fingerprint density at radius 2 is 0.877 bits per heavy atom. The molecule has 1 heterocycles. The van der Waals surface area contributed by atoms with Crippen LogP contribution in [0.2, 0.25) is 0 Å². The van der Waals surface area contributed by atoms with Gasteiger partial charge in [0.2, 0.25) is 0 Å². The number of nitrogens with zero attached hydrogens (tertiary/aromatic N) is 2. The lowest BCUT2D eigenvalue weighted by Gasteiger charge is -2.22. The van der Waals surface area contributed by atoms with Crippen LogP contribution >= 0.6 is 0 Å². The van der Waals surface area contributed by atoms with Crippen LogP contribution in [0, 0.1) is 0 Å². The molecule has 0 bridgehead atoms. The Bertz CT molecular complexity index is 3180. The first-order valence-electron chi connectivity index (χ1n) is 19.7. The molecule has 2 nitrogen and oxygen atoms in total. The summed E-state index contributed by atoms with van der Waals surface area (Å²) in [5.41, 5.74) is 15.1. The SMILES string of the molecule is CC1(C)c2ccccc2-c2ccc(-c3ccc(-c4cc(-c5ccc(-c6ccccc6)cc5)nc(-c5c6ccccc6cc6c5ccc5ccccc56)n4)cc3)cc21. The van der Waals surface area contributed by atoms with Gasteiger partial charge in [-0.2, -0.15) is 0 Å². The van der Waals surface area contributed by atoms with Crippen LogP contribution in [0.4, 0.5) is 0 Å². The summed E-state index contributed by atoms with van der Waals surface area (Å²) in [5.74, 6) is 0.719. The molecule has 57 heavy (non-hydrogen) atoms. The lowest BCUT2D eigenvalue weighted by Crippen LogP contribution is -2.14. The topological polar surface area (TPSA) is 25.8 Å². The molecule has 0 atom stereocenters. The fraction of sp³-hybridized carbons (Fsp3) is 0.0545. The molecule has 0 spiro atoms. The summed E-state index contributed by atoms with van der Waals surface area (Å²) >= 11 is 0. The average molecular weight is 727 g/mol. The lowest BCUT2D eigenvalue weighted by molar-refractivity contribution is 0.660. The van der Waals surface area contributed by atoms with Crippen molar-refractivity contribution in [2.75, 3.05) is 0 Å². The normalized spacial score (nSPS) is 12.9. The van der Waals surface area contributed by atoms with Crippen molar-refractivity contribution in [2.45, 2.75) is 19.3 Å². The summed E-state index contributed by atoms with van der Waals surface area (Å²) in [6.45, 7) is 4.68. The molecule has 0 fully saturated rings. The van der Waals surface area contributed by atoms with Crippen molar-refractivity contribution in [2.24, 2.45) is 0 Å². The van der Waals surface area contributed by atoms with Gasteiger partial charge in [0.15, 0.2) is 5.82 Å². The van der Waals surface area contributed by atoms with Crippen molar-refractivity contribution in [1.82, 2.24) is 9.97 Å². The van der Waals surface area contributed by atoms with Gasteiger partial charge in [-0.3, -0.25) is 0 Å². The van der Waals surface area contributed by atoms with Gasteiger partial charge in [0.1, 0.15) is 0 Å². The van der Waals surface area contributed by atoms with Gasteiger partial charge in [-0.1, -0.05) is 190 Å².